The van der Waals surface area contributed by atoms with E-state index in [1.807, 2.05) is 36.1 Å². The van der Waals surface area contributed by atoms with E-state index in [0.29, 0.717) is 12.6 Å². The van der Waals surface area contributed by atoms with Crippen molar-refractivity contribution in [3.05, 3.63) is 72.1 Å². The minimum atomic E-state index is 0. The highest BCUT2D eigenvalue weighted by Crippen LogP contribution is 2.24. The number of hydrogen-bond donors (Lipinski definition) is 2. The van der Waals surface area contributed by atoms with Crippen molar-refractivity contribution in [2.24, 2.45) is 4.99 Å². The molecule has 4 rings (SSSR count). The zero-order valence-corrected chi connectivity index (χ0v) is 22.2. The number of rotatable bonds is 8. The summed E-state index contributed by atoms with van der Waals surface area (Å²) in [5.41, 5.74) is 3.40. The van der Waals surface area contributed by atoms with Gasteiger partial charge in [0.25, 0.3) is 0 Å². The first-order valence-corrected chi connectivity index (χ1v) is 11.2. The Morgan fingerprint density at radius 2 is 1.88 bits per heavy atom. The highest BCUT2D eigenvalue weighted by molar-refractivity contribution is 14.0. The molecule has 1 saturated heterocycles. The van der Waals surface area contributed by atoms with Gasteiger partial charge in [0.2, 0.25) is 0 Å². The number of methoxy groups -OCH3 is 2. The second-order valence-corrected chi connectivity index (χ2v) is 8.13. The SMILES string of the molecule is CN=C(NCc1cccc(-n2cccn2)c1)NC1CCN(Cc2cc(OC)cc(OC)c2)C1.I. The third kappa shape index (κ3) is 6.86. The van der Waals surface area contributed by atoms with Crippen molar-refractivity contribution in [3.63, 3.8) is 0 Å². The van der Waals surface area contributed by atoms with Crippen LogP contribution >= 0.6 is 24.0 Å². The second kappa shape index (κ2) is 12.6. The van der Waals surface area contributed by atoms with Crippen molar-refractivity contribution in [3.8, 4) is 17.2 Å². The maximum Gasteiger partial charge on any atom is 0.191 e. The van der Waals surface area contributed by atoms with E-state index >= 15 is 0 Å². The molecular weight excluding hydrogens is 543 g/mol. The second-order valence-electron chi connectivity index (χ2n) is 8.13. The average Bonchev–Trinajstić information content (AvgIpc) is 3.54. The van der Waals surface area contributed by atoms with Crippen molar-refractivity contribution in [2.75, 3.05) is 34.4 Å². The molecule has 2 heterocycles. The van der Waals surface area contributed by atoms with E-state index < -0.39 is 0 Å². The number of nitrogens with zero attached hydrogens (tertiary/aromatic N) is 4. The molecule has 1 aliphatic heterocycles. The predicted molar refractivity (Wildman–Crippen MR) is 146 cm³/mol. The fourth-order valence-electron chi connectivity index (χ4n) is 4.11. The van der Waals surface area contributed by atoms with Crippen LogP contribution < -0.4 is 20.1 Å². The summed E-state index contributed by atoms with van der Waals surface area (Å²) in [6, 6.07) is 16.6. The largest absolute Gasteiger partial charge is 0.497 e. The van der Waals surface area contributed by atoms with Crippen LogP contribution in [0.5, 0.6) is 11.5 Å². The summed E-state index contributed by atoms with van der Waals surface area (Å²) in [6.07, 6.45) is 4.80. The molecule has 0 saturated carbocycles. The predicted octanol–water partition coefficient (Wildman–Crippen LogP) is 3.45. The molecule has 0 radical (unpaired) electrons. The van der Waals surface area contributed by atoms with Gasteiger partial charge >= 0.3 is 0 Å². The quantitative estimate of drug-likeness (QED) is 0.243. The summed E-state index contributed by atoms with van der Waals surface area (Å²) >= 11 is 0. The van der Waals surface area contributed by atoms with Crippen molar-refractivity contribution in [1.82, 2.24) is 25.3 Å². The van der Waals surface area contributed by atoms with Crippen molar-refractivity contribution >= 4 is 29.9 Å². The van der Waals surface area contributed by atoms with E-state index in [0.717, 1.165) is 49.2 Å². The summed E-state index contributed by atoms with van der Waals surface area (Å²) in [4.78, 5) is 6.86. The van der Waals surface area contributed by atoms with Gasteiger partial charge in [0, 0.05) is 57.7 Å². The van der Waals surface area contributed by atoms with Crippen LogP contribution in [-0.2, 0) is 13.1 Å². The molecule has 1 atom stereocenters. The number of benzene rings is 2. The van der Waals surface area contributed by atoms with Crippen LogP contribution in [0.4, 0.5) is 0 Å². The maximum atomic E-state index is 5.40. The molecule has 9 heteroatoms. The Labute approximate surface area is 218 Å². The Morgan fingerprint density at radius 3 is 2.56 bits per heavy atom. The fraction of sp³-hybridized carbons (Fsp3) is 0.360. The van der Waals surface area contributed by atoms with Gasteiger partial charge in [-0.15, -0.1) is 24.0 Å². The minimum Gasteiger partial charge on any atom is -0.497 e. The normalized spacial score (nSPS) is 16.1. The molecule has 1 aromatic heterocycles. The molecular formula is C25H33IN6O2. The third-order valence-corrected chi connectivity index (χ3v) is 5.79. The smallest absolute Gasteiger partial charge is 0.191 e. The number of ether oxygens (including phenoxy) is 2. The standard InChI is InChI=1S/C25H32N6O2.HI/c1-26-25(27-16-19-6-4-7-22(12-19)31-10-5-9-28-31)29-21-8-11-30(18-21)17-20-13-23(32-2)15-24(14-20)33-3;/h4-7,9-10,12-15,21H,8,11,16-18H2,1-3H3,(H2,26,27,29);1H. The van der Waals surface area contributed by atoms with Crippen LogP contribution in [-0.4, -0.2) is 61.0 Å². The lowest BCUT2D eigenvalue weighted by Crippen LogP contribution is -2.44. The van der Waals surface area contributed by atoms with Crippen molar-refractivity contribution < 1.29 is 9.47 Å². The molecule has 2 N–H and O–H groups in total. The Kier molecular flexibility index (Phi) is 9.58. The topological polar surface area (TPSA) is 75.9 Å². The van der Waals surface area contributed by atoms with Gasteiger partial charge in [-0.25, -0.2) is 4.68 Å². The van der Waals surface area contributed by atoms with Crippen LogP contribution in [0.1, 0.15) is 17.5 Å². The number of aliphatic imine (C=N–C) groups is 1. The van der Waals surface area contributed by atoms with E-state index in [2.05, 4.69) is 56.0 Å². The first-order valence-electron chi connectivity index (χ1n) is 11.2. The zero-order valence-electron chi connectivity index (χ0n) is 19.9. The lowest BCUT2D eigenvalue weighted by atomic mass is 10.2. The Morgan fingerprint density at radius 1 is 1.09 bits per heavy atom. The zero-order chi connectivity index (χ0) is 23.0. The fourth-order valence-corrected chi connectivity index (χ4v) is 4.11. The maximum absolute atomic E-state index is 5.40. The molecule has 1 fully saturated rings. The van der Waals surface area contributed by atoms with E-state index in [4.69, 9.17) is 9.47 Å². The van der Waals surface area contributed by atoms with Gasteiger partial charge < -0.3 is 20.1 Å². The van der Waals surface area contributed by atoms with Crippen LogP contribution in [0.25, 0.3) is 5.69 Å². The average molecular weight is 576 g/mol. The summed E-state index contributed by atoms with van der Waals surface area (Å²) in [5.74, 6) is 2.45. The van der Waals surface area contributed by atoms with E-state index in [9.17, 15) is 0 Å². The lowest BCUT2D eigenvalue weighted by Gasteiger charge is -2.19. The molecule has 1 aliphatic rings. The third-order valence-electron chi connectivity index (χ3n) is 5.79. The van der Waals surface area contributed by atoms with Gasteiger partial charge in [0.15, 0.2) is 5.96 Å². The Bertz CT molecular complexity index is 1050. The first kappa shape index (κ1) is 25.8. The molecule has 0 amide bonds. The number of guanidine groups is 1. The number of hydrogen-bond acceptors (Lipinski definition) is 5. The lowest BCUT2D eigenvalue weighted by molar-refractivity contribution is 0.321. The summed E-state index contributed by atoms with van der Waals surface area (Å²) in [5, 5.41) is 11.3. The molecule has 1 unspecified atom stereocenters. The van der Waals surface area contributed by atoms with Gasteiger partial charge in [-0.3, -0.25) is 9.89 Å². The summed E-state index contributed by atoms with van der Waals surface area (Å²) < 4.78 is 12.7. The summed E-state index contributed by atoms with van der Waals surface area (Å²) in [7, 11) is 5.17. The molecule has 34 heavy (non-hydrogen) atoms. The molecule has 182 valence electrons. The van der Waals surface area contributed by atoms with Gasteiger partial charge in [0.05, 0.1) is 19.9 Å². The Balaban J connectivity index is 0.00000324. The van der Waals surface area contributed by atoms with Crippen molar-refractivity contribution in [1.29, 1.82) is 0 Å². The highest BCUT2D eigenvalue weighted by Gasteiger charge is 2.23. The number of likely N-dealkylation sites (tertiary alicyclic amines) is 1. The van der Waals surface area contributed by atoms with Crippen LogP contribution in [0.2, 0.25) is 0 Å². The molecule has 0 bridgehead atoms. The van der Waals surface area contributed by atoms with E-state index in [1.54, 1.807) is 20.4 Å². The minimum absolute atomic E-state index is 0. The molecule has 0 spiro atoms. The molecule has 0 aliphatic carbocycles. The molecule has 3 aromatic rings. The van der Waals surface area contributed by atoms with E-state index in [-0.39, 0.29) is 24.0 Å². The van der Waals surface area contributed by atoms with Crippen LogP contribution in [0.15, 0.2) is 65.9 Å². The number of halogens is 1. The number of aromatic nitrogens is 2. The molecule has 2 aromatic carbocycles. The Hall–Kier alpha value is -2.79. The van der Waals surface area contributed by atoms with E-state index in [1.165, 1.54) is 11.1 Å². The van der Waals surface area contributed by atoms with Crippen LogP contribution in [0.3, 0.4) is 0 Å². The summed E-state index contributed by atoms with van der Waals surface area (Å²) in [6.45, 7) is 3.53. The van der Waals surface area contributed by atoms with Gasteiger partial charge in [-0.2, -0.15) is 5.10 Å². The molecule has 8 nitrogen and oxygen atoms in total. The number of nitrogens with one attached hydrogen (secondary N) is 2. The van der Waals surface area contributed by atoms with Gasteiger partial charge in [-0.1, -0.05) is 12.1 Å². The van der Waals surface area contributed by atoms with Crippen molar-refractivity contribution in [2.45, 2.75) is 25.6 Å². The van der Waals surface area contributed by atoms with Crippen LogP contribution in [0, 0.1) is 0 Å². The van der Waals surface area contributed by atoms with Gasteiger partial charge in [-0.05, 0) is 47.9 Å². The first-order chi connectivity index (χ1) is 16.2. The highest BCUT2D eigenvalue weighted by atomic mass is 127. The van der Waals surface area contributed by atoms with Gasteiger partial charge in [0.1, 0.15) is 11.5 Å². The monoisotopic (exact) mass is 576 g/mol.